The van der Waals surface area contributed by atoms with Crippen molar-refractivity contribution in [2.75, 3.05) is 17.6 Å². The molecule has 8 nitrogen and oxygen atoms in total. The Morgan fingerprint density at radius 3 is 3.00 bits per heavy atom. The molecule has 0 aliphatic rings. The quantitative estimate of drug-likeness (QED) is 0.615. The number of nitrogens with one attached hydrogen (secondary N) is 2. The predicted molar refractivity (Wildman–Crippen MR) is 76.0 cm³/mol. The molecule has 0 atom stereocenters. The number of anilines is 2. The summed E-state index contributed by atoms with van der Waals surface area (Å²) in [5, 5.41) is 10.2. The van der Waals surface area contributed by atoms with Gasteiger partial charge in [-0.1, -0.05) is 11.6 Å². The highest BCUT2D eigenvalue weighted by atomic mass is 35.5. The first kappa shape index (κ1) is 13.1. The molecule has 0 aromatic carbocycles. The molecule has 6 N–H and O–H groups in total. The summed E-state index contributed by atoms with van der Waals surface area (Å²) in [6.07, 6.45) is 2.95. The molecular weight excluding hydrogens is 268 g/mol. The van der Waals surface area contributed by atoms with Gasteiger partial charge in [0.1, 0.15) is 16.4 Å². The smallest absolute Gasteiger partial charge is 0.231 e. The number of nitrogen functional groups attached to an aromatic ring is 1. The van der Waals surface area contributed by atoms with Gasteiger partial charge >= 0.3 is 0 Å². The van der Waals surface area contributed by atoms with E-state index in [1.54, 1.807) is 6.21 Å². The summed E-state index contributed by atoms with van der Waals surface area (Å²) in [6, 6.07) is 0. The molecule has 100 valence electrons. The van der Waals surface area contributed by atoms with Crippen LogP contribution in [0.1, 0.15) is 6.92 Å². The maximum atomic E-state index is 5.88. The van der Waals surface area contributed by atoms with Gasteiger partial charge in [0.05, 0.1) is 5.70 Å². The molecule has 0 aliphatic heterocycles. The van der Waals surface area contributed by atoms with E-state index in [-0.39, 0.29) is 11.8 Å². The first-order valence-corrected chi connectivity index (χ1v) is 5.89. The Bertz CT molecular complexity index is 644. The fourth-order valence-corrected chi connectivity index (χ4v) is 1.63. The number of aromatic nitrogens is 4. The van der Waals surface area contributed by atoms with E-state index in [0.29, 0.717) is 28.4 Å². The molecule has 2 aromatic rings. The Hall–Kier alpha value is -2.35. The number of H-pyrrole nitrogens is 1. The lowest BCUT2D eigenvalue weighted by Gasteiger charge is -2.05. The summed E-state index contributed by atoms with van der Waals surface area (Å²) < 4.78 is 0. The standard InChI is InChI=1S/C10H13ClN8/c1-2-14-4-5(3-12)15-10-16-8(13)6-7(11)18-19-9(6)17-10/h3-4H,2,12H2,1H3,(H4,13,15,16,17,18,19). The average Bonchev–Trinajstić information content (AvgIpc) is 2.76. The molecule has 0 fully saturated rings. The Balaban J connectivity index is 2.33. The number of aromatic amines is 1. The maximum absolute atomic E-state index is 5.88. The van der Waals surface area contributed by atoms with Crippen LogP contribution >= 0.6 is 11.6 Å². The van der Waals surface area contributed by atoms with Gasteiger partial charge in [-0.2, -0.15) is 15.1 Å². The molecule has 0 unspecified atom stereocenters. The van der Waals surface area contributed by atoms with E-state index < -0.39 is 0 Å². The molecule has 0 aliphatic carbocycles. The second kappa shape index (κ2) is 5.53. The minimum absolute atomic E-state index is 0.232. The number of nitrogens with zero attached hydrogens (tertiary/aromatic N) is 4. The van der Waals surface area contributed by atoms with Crippen LogP contribution in [-0.4, -0.2) is 32.9 Å². The molecule has 0 spiro atoms. The summed E-state index contributed by atoms with van der Waals surface area (Å²) >= 11 is 5.88. The maximum Gasteiger partial charge on any atom is 0.231 e. The second-order valence-corrected chi connectivity index (χ2v) is 3.92. The fourth-order valence-electron chi connectivity index (χ4n) is 1.41. The van der Waals surface area contributed by atoms with Crippen LogP contribution < -0.4 is 16.8 Å². The number of aliphatic imine (C=N–C) groups is 1. The number of fused-ring (bicyclic) bond motifs is 1. The lowest BCUT2D eigenvalue weighted by molar-refractivity contribution is 1.09. The van der Waals surface area contributed by atoms with E-state index in [1.165, 1.54) is 6.20 Å². The van der Waals surface area contributed by atoms with Crippen molar-refractivity contribution in [3.8, 4) is 0 Å². The molecule has 0 bridgehead atoms. The van der Waals surface area contributed by atoms with E-state index in [1.807, 2.05) is 6.92 Å². The number of nitrogens with two attached hydrogens (primary N) is 2. The zero-order valence-corrected chi connectivity index (χ0v) is 10.9. The lowest BCUT2D eigenvalue weighted by atomic mass is 10.4. The van der Waals surface area contributed by atoms with Crippen molar-refractivity contribution < 1.29 is 0 Å². The molecule has 9 heteroatoms. The summed E-state index contributed by atoms with van der Waals surface area (Å²) in [4.78, 5) is 12.3. The van der Waals surface area contributed by atoms with Gasteiger partial charge in [0.25, 0.3) is 0 Å². The van der Waals surface area contributed by atoms with Crippen LogP contribution in [0.2, 0.25) is 5.15 Å². The summed E-state index contributed by atoms with van der Waals surface area (Å²) in [6.45, 7) is 2.56. The zero-order chi connectivity index (χ0) is 13.8. The topological polar surface area (TPSA) is 131 Å². The Labute approximate surface area is 114 Å². The van der Waals surface area contributed by atoms with Gasteiger partial charge in [0.2, 0.25) is 5.95 Å². The van der Waals surface area contributed by atoms with Gasteiger partial charge in [0.15, 0.2) is 5.65 Å². The highest BCUT2D eigenvalue weighted by Crippen LogP contribution is 2.24. The molecule has 0 saturated heterocycles. The van der Waals surface area contributed by atoms with E-state index in [4.69, 9.17) is 23.1 Å². The van der Waals surface area contributed by atoms with E-state index in [9.17, 15) is 0 Å². The Kier molecular flexibility index (Phi) is 3.81. The van der Waals surface area contributed by atoms with Gasteiger partial charge in [-0.05, 0) is 6.92 Å². The van der Waals surface area contributed by atoms with Gasteiger partial charge < -0.3 is 16.8 Å². The summed E-state index contributed by atoms with van der Waals surface area (Å²) in [5.41, 5.74) is 12.2. The molecule has 0 amide bonds. The summed E-state index contributed by atoms with van der Waals surface area (Å²) in [7, 11) is 0. The van der Waals surface area contributed by atoms with Crippen molar-refractivity contribution in [2.45, 2.75) is 6.92 Å². The van der Waals surface area contributed by atoms with Crippen LogP contribution in [0.3, 0.4) is 0 Å². The summed E-state index contributed by atoms with van der Waals surface area (Å²) in [5.74, 6) is 0.502. The first-order valence-electron chi connectivity index (χ1n) is 5.51. The van der Waals surface area contributed by atoms with Gasteiger partial charge in [0, 0.05) is 19.0 Å². The normalized spacial score (nSPS) is 12.4. The van der Waals surface area contributed by atoms with Gasteiger partial charge in [-0.25, -0.2) is 0 Å². The number of halogens is 1. The predicted octanol–water partition coefficient (Wildman–Crippen LogP) is 0.891. The minimum atomic E-state index is 0.232. The fraction of sp³-hybridized carbons (Fsp3) is 0.200. The van der Waals surface area contributed by atoms with Crippen LogP contribution in [-0.2, 0) is 0 Å². The molecular formula is C10H13ClN8. The van der Waals surface area contributed by atoms with Crippen molar-refractivity contribution in [3.05, 3.63) is 17.1 Å². The van der Waals surface area contributed by atoms with Crippen LogP contribution in [0.5, 0.6) is 0 Å². The third kappa shape index (κ3) is 2.74. The largest absolute Gasteiger partial charge is 0.403 e. The number of hydrogen-bond donors (Lipinski definition) is 4. The average molecular weight is 281 g/mol. The SMILES string of the molecule is CCN=CC(=CN)Nc1nc(N)c2c(Cl)[nH]nc2n1. The van der Waals surface area contributed by atoms with Crippen LogP contribution in [0, 0.1) is 0 Å². The molecule has 19 heavy (non-hydrogen) atoms. The highest BCUT2D eigenvalue weighted by Gasteiger charge is 2.12. The van der Waals surface area contributed by atoms with Crippen molar-refractivity contribution >= 4 is 40.6 Å². The highest BCUT2D eigenvalue weighted by molar-refractivity contribution is 6.35. The van der Waals surface area contributed by atoms with Crippen LogP contribution in [0.4, 0.5) is 11.8 Å². The van der Waals surface area contributed by atoms with Crippen LogP contribution in [0.15, 0.2) is 16.9 Å². The van der Waals surface area contributed by atoms with Gasteiger partial charge in [-0.15, -0.1) is 0 Å². The van der Waals surface area contributed by atoms with Crippen LogP contribution in [0.25, 0.3) is 11.0 Å². The molecule has 0 radical (unpaired) electrons. The Morgan fingerprint density at radius 1 is 1.53 bits per heavy atom. The van der Waals surface area contributed by atoms with E-state index >= 15 is 0 Å². The zero-order valence-electron chi connectivity index (χ0n) is 10.2. The second-order valence-electron chi connectivity index (χ2n) is 3.54. The Morgan fingerprint density at radius 2 is 2.32 bits per heavy atom. The number of allylic oxidation sites excluding steroid dienone is 1. The number of hydrogen-bond acceptors (Lipinski definition) is 7. The van der Waals surface area contributed by atoms with Gasteiger partial charge in [-0.3, -0.25) is 10.1 Å². The van der Waals surface area contributed by atoms with E-state index in [2.05, 4.69) is 30.5 Å². The third-order valence-electron chi connectivity index (χ3n) is 2.25. The first-order chi connectivity index (χ1) is 9.15. The minimum Gasteiger partial charge on any atom is -0.403 e. The molecule has 2 heterocycles. The van der Waals surface area contributed by atoms with Crippen molar-refractivity contribution in [1.82, 2.24) is 20.2 Å². The van der Waals surface area contributed by atoms with E-state index in [0.717, 1.165) is 0 Å². The number of rotatable bonds is 4. The van der Waals surface area contributed by atoms with Crippen molar-refractivity contribution in [2.24, 2.45) is 10.7 Å². The molecule has 2 aromatic heterocycles. The molecule has 2 rings (SSSR count). The van der Waals surface area contributed by atoms with Crippen molar-refractivity contribution in [1.29, 1.82) is 0 Å². The lowest BCUT2D eigenvalue weighted by Crippen LogP contribution is -2.08. The molecule has 0 saturated carbocycles. The monoisotopic (exact) mass is 280 g/mol. The van der Waals surface area contributed by atoms with Crippen molar-refractivity contribution in [3.63, 3.8) is 0 Å². The third-order valence-corrected chi connectivity index (χ3v) is 2.52.